The first kappa shape index (κ1) is 23.7. The average Bonchev–Trinajstić information content (AvgIpc) is 2.73. The number of urea groups is 1. The molecule has 2 amide bonds. The molecule has 2 aromatic rings. The summed E-state index contributed by atoms with van der Waals surface area (Å²) in [5.41, 5.74) is 3.34. The van der Waals surface area contributed by atoms with Crippen LogP contribution in [0.3, 0.4) is 0 Å². The Bertz CT molecular complexity index is 1070. The summed E-state index contributed by atoms with van der Waals surface area (Å²) in [6.45, 7) is 5.47. The van der Waals surface area contributed by atoms with Gasteiger partial charge in [-0.1, -0.05) is 24.3 Å². The number of anilines is 2. The van der Waals surface area contributed by atoms with E-state index in [9.17, 15) is 9.59 Å². The summed E-state index contributed by atoms with van der Waals surface area (Å²) in [7, 11) is 1.81. The number of allylic oxidation sites excluding steroid dienone is 1. The molecule has 1 unspecified atom stereocenters. The molecule has 2 aromatic carbocycles. The normalized spacial score (nSPS) is 16.0. The van der Waals surface area contributed by atoms with Crippen molar-refractivity contribution in [2.45, 2.75) is 32.9 Å². The number of rotatable bonds is 5. The zero-order valence-corrected chi connectivity index (χ0v) is 20.6. The topological polar surface area (TPSA) is 82.7 Å². The molecule has 9 heteroatoms. The van der Waals surface area contributed by atoms with Crippen molar-refractivity contribution in [1.29, 1.82) is 0 Å². The van der Waals surface area contributed by atoms with E-state index in [0.717, 1.165) is 15.7 Å². The second-order valence-electron chi connectivity index (χ2n) is 7.58. The Balaban J connectivity index is 1.78. The van der Waals surface area contributed by atoms with Gasteiger partial charge in [-0.15, -0.1) is 0 Å². The van der Waals surface area contributed by atoms with Crippen LogP contribution in [0, 0.1) is 0 Å². The Labute approximate surface area is 201 Å². The molecular formula is C23H25BrN4O3S. The number of amides is 2. The highest BCUT2D eigenvalue weighted by Gasteiger charge is 2.33. The van der Waals surface area contributed by atoms with Gasteiger partial charge in [0.25, 0.3) is 0 Å². The van der Waals surface area contributed by atoms with E-state index in [2.05, 4.69) is 31.9 Å². The number of esters is 1. The summed E-state index contributed by atoms with van der Waals surface area (Å²) in [4.78, 5) is 26.9. The van der Waals surface area contributed by atoms with Crippen LogP contribution in [0.1, 0.15) is 32.4 Å². The van der Waals surface area contributed by atoms with Crippen LogP contribution in [0.4, 0.5) is 16.2 Å². The largest absolute Gasteiger partial charge is 0.459 e. The number of halogens is 1. The van der Waals surface area contributed by atoms with E-state index in [-0.39, 0.29) is 18.1 Å². The Morgan fingerprint density at radius 2 is 1.78 bits per heavy atom. The number of benzene rings is 2. The maximum absolute atomic E-state index is 12.8. The van der Waals surface area contributed by atoms with Gasteiger partial charge in [-0.25, -0.2) is 9.59 Å². The van der Waals surface area contributed by atoms with E-state index >= 15 is 0 Å². The molecule has 3 N–H and O–H groups in total. The Morgan fingerprint density at radius 3 is 2.41 bits per heavy atom. The number of thiocarbonyl (C=S) groups is 1. The van der Waals surface area contributed by atoms with Crippen LogP contribution in [0.15, 0.2) is 64.3 Å². The van der Waals surface area contributed by atoms with Crippen molar-refractivity contribution in [3.05, 3.63) is 69.8 Å². The number of nitrogens with one attached hydrogen (secondary N) is 3. The number of para-hydroxylation sites is 1. The Kier molecular flexibility index (Phi) is 7.52. The van der Waals surface area contributed by atoms with E-state index in [4.69, 9.17) is 17.0 Å². The van der Waals surface area contributed by atoms with E-state index in [1.54, 1.807) is 30.1 Å². The lowest BCUT2D eigenvalue weighted by Gasteiger charge is -2.35. The van der Waals surface area contributed by atoms with Gasteiger partial charge in [0, 0.05) is 22.9 Å². The molecule has 0 radical (unpaired) electrons. The summed E-state index contributed by atoms with van der Waals surface area (Å²) in [6, 6.07) is 13.8. The Morgan fingerprint density at radius 1 is 1.12 bits per heavy atom. The van der Waals surface area contributed by atoms with Crippen molar-refractivity contribution in [3.8, 4) is 0 Å². The average molecular weight is 517 g/mol. The monoisotopic (exact) mass is 516 g/mol. The first-order valence-electron chi connectivity index (χ1n) is 10.1. The molecule has 168 valence electrons. The van der Waals surface area contributed by atoms with Crippen molar-refractivity contribution < 1.29 is 14.3 Å². The van der Waals surface area contributed by atoms with Crippen molar-refractivity contribution in [1.82, 2.24) is 10.2 Å². The fraction of sp³-hybridized carbons (Fsp3) is 0.261. The Hall–Kier alpha value is -2.91. The van der Waals surface area contributed by atoms with E-state index in [0.29, 0.717) is 22.1 Å². The molecule has 0 fully saturated rings. The molecule has 0 bridgehead atoms. The maximum Gasteiger partial charge on any atom is 0.338 e. The van der Waals surface area contributed by atoms with E-state index < -0.39 is 6.04 Å². The minimum Gasteiger partial charge on any atom is -0.459 e. The first-order chi connectivity index (χ1) is 15.2. The summed E-state index contributed by atoms with van der Waals surface area (Å²) < 4.78 is 6.25. The van der Waals surface area contributed by atoms with Crippen LogP contribution in [-0.2, 0) is 9.53 Å². The predicted molar refractivity (Wildman–Crippen MR) is 133 cm³/mol. The van der Waals surface area contributed by atoms with Gasteiger partial charge < -0.3 is 25.6 Å². The molecule has 0 saturated heterocycles. The van der Waals surface area contributed by atoms with Crippen LogP contribution < -0.4 is 16.0 Å². The molecule has 7 nitrogen and oxygen atoms in total. The minimum absolute atomic E-state index is 0.239. The van der Waals surface area contributed by atoms with Crippen molar-refractivity contribution in [2.24, 2.45) is 0 Å². The van der Waals surface area contributed by atoms with Crippen LogP contribution in [0.2, 0.25) is 0 Å². The van der Waals surface area contributed by atoms with Gasteiger partial charge in [0.05, 0.1) is 23.4 Å². The number of carbonyl (C=O) groups is 2. The summed E-state index contributed by atoms with van der Waals surface area (Å²) in [5, 5.41) is 9.32. The zero-order valence-electron chi connectivity index (χ0n) is 18.2. The smallest absolute Gasteiger partial charge is 0.338 e. The minimum atomic E-state index is -0.451. The molecule has 0 aromatic heterocycles. The first-order valence-corrected chi connectivity index (χ1v) is 11.3. The number of hydrogen-bond donors (Lipinski definition) is 3. The van der Waals surface area contributed by atoms with Crippen molar-refractivity contribution >= 4 is 56.6 Å². The molecule has 0 aliphatic carbocycles. The molecule has 1 aliphatic rings. The molecule has 1 aliphatic heterocycles. The van der Waals surface area contributed by atoms with Gasteiger partial charge in [-0.2, -0.15) is 0 Å². The maximum atomic E-state index is 12.8. The standard InChI is InChI=1S/C23H25BrN4O3S/c1-13(2)31-21(29)19-14(3)28(4)23(32)27-20(19)15-9-11-16(12-10-15)25-22(30)26-18-8-6-5-7-17(18)24/h5-13,20H,1-4H3,(H,27,32)(H2,25,26,30). The second kappa shape index (κ2) is 10.1. The molecule has 32 heavy (non-hydrogen) atoms. The molecule has 1 atom stereocenters. The summed E-state index contributed by atoms with van der Waals surface area (Å²) in [6.07, 6.45) is -0.239. The number of hydrogen-bond acceptors (Lipinski definition) is 4. The van der Waals surface area contributed by atoms with E-state index in [1.165, 1.54) is 0 Å². The molecule has 1 heterocycles. The third kappa shape index (κ3) is 5.46. The van der Waals surface area contributed by atoms with Gasteiger partial charge in [0.1, 0.15) is 0 Å². The van der Waals surface area contributed by atoms with E-state index in [1.807, 2.05) is 51.1 Å². The zero-order chi connectivity index (χ0) is 23.4. The molecule has 0 spiro atoms. The summed E-state index contributed by atoms with van der Waals surface area (Å²) >= 11 is 8.83. The van der Waals surface area contributed by atoms with Crippen LogP contribution in [-0.4, -0.2) is 35.2 Å². The van der Waals surface area contributed by atoms with Crippen molar-refractivity contribution in [3.63, 3.8) is 0 Å². The fourth-order valence-corrected chi connectivity index (χ4v) is 3.87. The third-order valence-corrected chi connectivity index (χ3v) is 6.02. The van der Waals surface area contributed by atoms with Gasteiger partial charge in [0.2, 0.25) is 0 Å². The lowest BCUT2D eigenvalue weighted by molar-refractivity contribution is -0.143. The molecule has 0 saturated carbocycles. The predicted octanol–water partition coefficient (Wildman–Crippen LogP) is 5.18. The number of ether oxygens (including phenoxy) is 1. The second-order valence-corrected chi connectivity index (χ2v) is 8.82. The van der Waals surface area contributed by atoms with Crippen LogP contribution in [0.5, 0.6) is 0 Å². The quantitative estimate of drug-likeness (QED) is 0.375. The lowest BCUT2D eigenvalue weighted by atomic mass is 9.95. The van der Waals surface area contributed by atoms with Gasteiger partial charge in [-0.3, -0.25) is 0 Å². The third-order valence-electron chi connectivity index (χ3n) is 4.94. The lowest BCUT2D eigenvalue weighted by Crippen LogP contribution is -2.46. The van der Waals surface area contributed by atoms with Gasteiger partial charge in [0.15, 0.2) is 5.11 Å². The van der Waals surface area contributed by atoms with Crippen LogP contribution in [0.25, 0.3) is 0 Å². The van der Waals surface area contributed by atoms with Gasteiger partial charge >= 0.3 is 12.0 Å². The summed E-state index contributed by atoms with van der Waals surface area (Å²) in [5.74, 6) is -0.389. The highest BCUT2D eigenvalue weighted by atomic mass is 79.9. The van der Waals surface area contributed by atoms with Crippen LogP contribution >= 0.6 is 28.1 Å². The number of nitrogens with zero attached hydrogens (tertiary/aromatic N) is 1. The number of carbonyl (C=O) groups excluding carboxylic acids is 2. The molecule has 3 rings (SSSR count). The molecular weight excluding hydrogens is 492 g/mol. The SMILES string of the molecule is CC1=C(C(=O)OC(C)C)C(c2ccc(NC(=O)Nc3ccccc3Br)cc2)NC(=S)N1C. The highest BCUT2D eigenvalue weighted by molar-refractivity contribution is 9.10. The fourth-order valence-electron chi connectivity index (χ4n) is 3.23. The van der Waals surface area contributed by atoms with Crippen molar-refractivity contribution in [2.75, 3.05) is 17.7 Å². The van der Waals surface area contributed by atoms with Gasteiger partial charge in [-0.05, 0) is 78.7 Å². The highest BCUT2D eigenvalue weighted by Crippen LogP contribution is 2.31.